The highest BCUT2D eigenvalue weighted by Crippen LogP contribution is 2.32. The van der Waals surface area contributed by atoms with Gasteiger partial charge in [-0.2, -0.15) is 0 Å². The van der Waals surface area contributed by atoms with Gasteiger partial charge in [-0.1, -0.05) is 13.8 Å². The van der Waals surface area contributed by atoms with Crippen LogP contribution in [0.15, 0.2) is 12.1 Å². The first-order valence-corrected chi connectivity index (χ1v) is 4.78. The fourth-order valence-electron chi connectivity index (χ4n) is 0.932. The maximum Gasteiger partial charge on any atom is 0.173 e. The van der Waals surface area contributed by atoms with Gasteiger partial charge in [-0.05, 0) is 18.1 Å². The summed E-state index contributed by atoms with van der Waals surface area (Å²) in [6, 6.07) is 3.79. The lowest BCUT2D eigenvalue weighted by atomic mass is 10.1. The molecule has 2 nitrogen and oxygen atoms in total. The molecular weight excluding hydrogens is 172 g/mol. The van der Waals surface area contributed by atoms with Crippen LogP contribution in [0.25, 0.3) is 0 Å². The Morgan fingerprint density at radius 2 is 2.08 bits per heavy atom. The Kier molecular flexibility index (Phi) is 3.12. The van der Waals surface area contributed by atoms with Gasteiger partial charge in [0, 0.05) is 4.88 Å². The number of hydrogen-bond acceptors (Lipinski definition) is 3. The number of hydrogen-bond donors (Lipinski definition) is 1. The van der Waals surface area contributed by atoms with E-state index in [0.29, 0.717) is 0 Å². The van der Waals surface area contributed by atoms with Crippen LogP contribution in [-0.4, -0.2) is 12.2 Å². The number of ether oxygens (including phenoxy) is 1. The van der Waals surface area contributed by atoms with Gasteiger partial charge >= 0.3 is 0 Å². The summed E-state index contributed by atoms with van der Waals surface area (Å²) in [5, 5.41) is 10.5. The molecule has 0 aromatic carbocycles. The van der Waals surface area contributed by atoms with Gasteiger partial charge in [-0.3, -0.25) is 0 Å². The van der Waals surface area contributed by atoms with E-state index in [0.717, 1.165) is 9.94 Å². The lowest BCUT2D eigenvalue weighted by Gasteiger charge is -2.11. The maximum absolute atomic E-state index is 9.66. The minimum Gasteiger partial charge on any atom is -0.487 e. The van der Waals surface area contributed by atoms with E-state index in [1.165, 1.54) is 11.3 Å². The zero-order valence-corrected chi connectivity index (χ0v) is 8.39. The topological polar surface area (TPSA) is 29.5 Å². The summed E-state index contributed by atoms with van der Waals surface area (Å²) in [7, 11) is 1.64. The molecule has 1 N–H and O–H groups in total. The van der Waals surface area contributed by atoms with Crippen LogP contribution >= 0.6 is 11.3 Å². The summed E-state index contributed by atoms with van der Waals surface area (Å²) in [5.74, 6) is 0.258. The highest BCUT2D eigenvalue weighted by molar-refractivity contribution is 7.13. The first kappa shape index (κ1) is 9.55. The summed E-state index contributed by atoms with van der Waals surface area (Å²) in [6.45, 7) is 3.99. The number of aliphatic hydroxyl groups excluding tert-OH is 1. The molecule has 3 heteroatoms. The Labute approximate surface area is 76.8 Å². The predicted molar refractivity (Wildman–Crippen MR) is 50.7 cm³/mol. The smallest absolute Gasteiger partial charge is 0.173 e. The molecule has 0 aliphatic carbocycles. The molecule has 0 radical (unpaired) electrons. The summed E-state index contributed by atoms with van der Waals surface area (Å²) >= 11 is 1.50. The lowest BCUT2D eigenvalue weighted by molar-refractivity contribution is 0.130. The average molecular weight is 186 g/mol. The predicted octanol–water partition coefficient (Wildman–Crippen LogP) is 2.45. The Balaban J connectivity index is 2.74. The van der Waals surface area contributed by atoms with E-state index < -0.39 is 0 Å². The fraction of sp³-hybridized carbons (Fsp3) is 0.556. The second-order valence-corrected chi connectivity index (χ2v) is 4.13. The summed E-state index contributed by atoms with van der Waals surface area (Å²) in [4.78, 5) is 0.974. The van der Waals surface area contributed by atoms with Crippen LogP contribution < -0.4 is 4.74 Å². The molecule has 1 aromatic rings. The van der Waals surface area contributed by atoms with Gasteiger partial charge in [-0.25, -0.2) is 0 Å². The number of rotatable bonds is 3. The van der Waals surface area contributed by atoms with E-state index in [-0.39, 0.29) is 12.0 Å². The van der Waals surface area contributed by atoms with Gasteiger partial charge in [-0.15, -0.1) is 11.3 Å². The first-order valence-electron chi connectivity index (χ1n) is 3.97. The van der Waals surface area contributed by atoms with Crippen molar-refractivity contribution >= 4 is 11.3 Å². The third kappa shape index (κ3) is 1.99. The monoisotopic (exact) mass is 186 g/mol. The SMILES string of the molecule is COc1ccc(C(O)C(C)C)s1. The van der Waals surface area contributed by atoms with E-state index in [4.69, 9.17) is 4.74 Å². The van der Waals surface area contributed by atoms with Crippen LogP contribution in [0.5, 0.6) is 5.06 Å². The number of methoxy groups -OCH3 is 1. The zero-order valence-electron chi connectivity index (χ0n) is 7.57. The average Bonchev–Trinajstić information content (AvgIpc) is 2.50. The highest BCUT2D eigenvalue weighted by Gasteiger charge is 2.14. The van der Waals surface area contributed by atoms with Crippen LogP contribution in [0, 0.1) is 5.92 Å². The molecule has 0 saturated carbocycles. The van der Waals surface area contributed by atoms with Crippen molar-refractivity contribution in [3.8, 4) is 5.06 Å². The van der Waals surface area contributed by atoms with Crippen molar-refractivity contribution < 1.29 is 9.84 Å². The van der Waals surface area contributed by atoms with Crippen molar-refractivity contribution in [2.45, 2.75) is 20.0 Å². The molecular formula is C9H14O2S. The molecule has 0 spiro atoms. The number of thiophene rings is 1. The molecule has 1 rings (SSSR count). The highest BCUT2D eigenvalue weighted by atomic mass is 32.1. The van der Waals surface area contributed by atoms with Crippen molar-refractivity contribution in [1.82, 2.24) is 0 Å². The van der Waals surface area contributed by atoms with Crippen molar-refractivity contribution in [3.05, 3.63) is 17.0 Å². The molecule has 0 aliphatic heterocycles. The molecule has 0 amide bonds. The molecule has 1 aromatic heterocycles. The quantitative estimate of drug-likeness (QED) is 0.785. The molecule has 0 bridgehead atoms. The first-order chi connectivity index (χ1) is 5.65. The number of aliphatic hydroxyl groups is 1. The van der Waals surface area contributed by atoms with Gasteiger partial charge < -0.3 is 9.84 Å². The normalized spacial score (nSPS) is 13.4. The van der Waals surface area contributed by atoms with Crippen molar-refractivity contribution in [3.63, 3.8) is 0 Å². The molecule has 0 fully saturated rings. The Hall–Kier alpha value is -0.540. The lowest BCUT2D eigenvalue weighted by Crippen LogP contribution is -2.02. The maximum atomic E-state index is 9.66. The molecule has 0 aliphatic rings. The van der Waals surface area contributed by atoms with Gasteiger partial charge in [0.1, 0.15) is 0 Å². The molecule has 68 valence electrons. The van der Waals surface area contributed by atoms with E-state index in [1.54, 1.807) is 7.11 Å². The summed E-state index contributed by atoms with van der Waals surface area (Å²) in [5.41, 5.74) is 0. The minimum atomic E-state index is -0.362. The fourth-order valence-corrected chi connectivity index (χ4v) is 1.91. The van der Waals surface area contributed by atoms with E-state index in [1.807, 2.05) is 26.0 Å². The van der Waals surface area contributed by atoms with E-state index in [2.05, 4.69) is 0 Å². The van der Waals surface area contributed by atoms with E-state index in [9.17, 15) is 5.11 Å². The van der Waals surface area contributed by atoms with Crippen molar-refractivity contribution in [2.24, 2.45) is 5.92 Å². The Morgan fingerprint density at radius 1 is 1.42 bits per heavy atom. The molecule has 1 unspecified atom stereocenters. The van der Waals surface area contributed by atoms with Gasteiger partial charge in [0.2, 0.25) is 0 Å². The van der Waals surface area contributed by atoms with Gasteiger partial charge in [0.15, 0.2) is 5.06 Å². The molecule has 0 saturated heterocycles. The van der Waals surface area contributed by atoms with Crippen molar-refractivity contribution in [2.75, 3.05) is 7.11 Å². The second kappa shape index (κ2) is 3.92. The standard InChI is InChI=1S/C9H14O2S/c1-6(2)9(10)7-4-5-8(11-3)12-7/h4-6,9-10H,1-3H3. The van der Waals surface area contributed by atoms with Crippen LogP contribution in [0.4, 0.5) is 0 Å². The Bertz CT molecular complexity index is 242. The van der Waals surface area contributed by atoms with Crippen LogP contribution in [-0.2, 0) is 0 Å². The summed E-state index contributed by atoms with van der Waals surface area (Å²) in [6.07, 6.45) is -0.362. The second-order valence-electron chi connectivity index (χ2n) is 3.05. The van der Waals surface area contributed by atoms with Crippen molar-refractivity contribution in [1.29, 1.82) is 0 Å². The largest absolute Gasteiger partial charge is 0.487 e. The zero-order chi connectivity index (χ0) is 9.14. The Morgan fingerprint density at radius 3 is 2.50 bits per heavy atom. The van der Waals surface area contributed by atoms with Gasteiger partial charge in [0.05, 0.1) is 13.2 Å². The molecule has 12 heavy (non-hydrogen) atoms. The van der Waals surface area contributed by atoms with Crippen LogP contribution in [0.3, 0.4) is 0 Å². The van der Waals surface area contributed by atoms with E-state index >= 15 is 0 Å². The molecule has 1 atom stereocenters. The van der Waals surface area contributed by atoms with Crippen LogP contribution in [0.1, 0.15) is 24.8 Å². The molecule has 1 heterocycles. The third-order valence-corrected chi connectivity index (χ3v) is 2.84. The summed E-state index contributed by atoms with van der Waals surface area (Å²) < 4.78 is 5.03. The third-order valence-electron chi connectivity index (χ3n) is 1.73. The van der Waals surface area contributed by atoms with Crippen LogP contribution in [0.2, 0.25) is 0 Å². The van der Waals surface area contributed by atoms with Gasteiger partial charge in [0.25, 0.3) is 0 Å². The minimum absolute atomic E-state index is 0.258.